The predicted octanol–water partition coefficient (Wildman–Crippen LogP) is 2.17. The molecule has 0 radical (unpaired) electrons. The molecule has 1 aromatic rings. The molecule has 1 saturated heterocycles. The quantitative estimate of drug-likeness (QED) is 0.827. The van der Waals surface area contributed by atoms with Gasteiger partial charge in [0.15, 0.2) is 11.5 Å². The van der Waals surface area contributed by atoms with Crippen molar-refractivity contribution in [2.75, 3.05) is 48.0 Å². The van der Waals surface area contributed by atoms with E-state index in [1.54, 1.807) is 33.5 Å². The molecule has 1 aliphatic heterocycles. The molecule has 1 aromatic carbocycles. The first-order chi connectivity index (χ1) is 11.6. The Morgan fingerprint density at radius 1 is 1.12 bits per heavy atom. The number of likely N-dealkylation sites (tertiary alicyclic amines) is 1. The molecule has 1 aliphatic rings. The molecule has 0 bridgehead atoms. The number of nitrogens with one attached hydrogen (secondary N) is 1. The Hall–Kier alpha value is -1.95. The Balaban J connectivity index is 2.10. The van der Waals surface area contributed by atoms with Crippen molar-refractivity contribution in [3.63, 3.8) is 0 Å². The fourth-order valence-corrected chi connectivity index (χ4v) is 3.16. The third-order valence-corrected chi connectivity index (χ3v) is 4.62. The lowest BCUT2D eigenvalue weighted by Crippen LogP contribution is -2.39. The highest BCUT2D eigenvalue weighted by atomic mass is 16.5. The van der Waals surface area contributed by atoms with Crippen LogP contribution in [0, 0.1) is 5.92 Å². The van der Waals surface area contributed by atoms with E-state index in [0.717, 1.165) is 32.5 Å². The Morgan fingerprint density at radius 3 is 2.17 bits per heavy atom. The van der Waals surface area contributed by atoms with E-state index in [-0.39, 0.29) is 5.91 Å². The van der Waals surface area contributed by atoms with Crippen molar-refractivity contribution in [2.45, 2.75) is 19.3 Å². The summed E-state index contributed by atoms with van der Waals surface area (Å²) in [4.78, 5) is 14.7. The van der Waals surface area contributed by atoms with Gasteiger partial charge in [-0.25, -0.2) is 0 Å². The zero-order chi connectivity index (χ0) is 17.5. The smallest absolute Gasteiger partial charge is 0.254 e. The van der Waals surface area contributed by atoms with Crippen LogP contribution >= 0.6 is 0 Å². The Bertz CT molecular complexity index is 529. The molecule has 1 heterocycles. The number of amides is 1. The van der Waals surface area contributed by atoms with Gasteiger partial charge in [0, 0.05) is 18.7 Å². The number of methoxy groups -OCH3 is 3. The molecule has 0 unspecified atom stereocenters. The third-order valence-electron chi connectivity index (χ3n) is 4.62. The van der Waals surface area contributed by atoms with Crippen LogP contribution in [0.4, 0.5) is 0 Å². The van der Waals surface area contributed by atoms with Crippen molar-refractivity contribution >= 4 is 5.91 Å². The Labute approximate surface area is 144 Å². The molecule has 134 valence electrons. The lowest BCUT2D eigenvalue weighted by Gasteiger charge is -2.32. The number of hydrogen-bond donors (Lipinski definition) is 1. The number of carbonyl (C=O) groups excluding carboxylic acids is 1. The Morgan fingerprint density at radius 2 is 1.71 bits per heavy atom. The largest absolute Gasteiger partial charge is 0.493 e. The maximum absolute atomic E-state index is 12.8. The Kier molecular flexibility index (Phi) is 6.73. The van der Waals surface area contributed by atoms with Crippen molar-refractivity contribution in [1.29, 1.82) is 0 Å². The second kappa shape index (κ2) is 8.78. The summed E-state index contributed by atoms with van der Waals surface area (Å²) in [6.07, 6.45) is 3.28. The summed E-state index contributed by atoms with van der Waals surface area (Å²) >= 11 is 0. The number of piperidine rings is 1. The van der Waals surface area contributed by atoms with Crippen LogP contribution in [0.15, 0.2) is 12.1 Å². The van der Waals surface area contributed by atoms with Gasteiger partial charge in [-0.3, -0.25) is 4.79 Å². The maximum atomic E-state index is 12.8. The van der Waals surface area contributed by atoms with E-state index < -0.39 is 0 Å². The van der Waals surface area contributed by atoms with Gasteiger partial charge in [-0.15, -0.1) is 0 Å². The normalized spacial score (nSPS) is 15.2. The summed E-state index contributed by atoms with van der Waals surface area (Å²) < 4.78 is 16.0. The lowest BCUT2D eigenvalue weighted by atomic mass is 9.93. The molecule has 1 N–H and O–H groups in total. The van der Waals surface area contributed by atoms with Crippen LogP contribution < -0.4 is 19.5 Å². The highest BCUT2D eigenvalue weighted by Crippen LogP contribution is 2.38. The van der Waals surface area contributed by atoms with Gasteiger partial charge >= 0.3 is 0 Å². The van der Waals surface area contributed by atoms with Crippen molar-refractivity contribution in [1.82, 2.24) is 10.2 Å². The second-order valence-electron chi connectivity index (χ2n) is 6.04. The van der Waals surface area contributed by atoms with Gasteiger partial charge in [-0.2, -0.15) is 0 Å². The number of hydrogen-bond acceptors (Lipinski definition) is 5. The molecule has 0 spiro atoms. The van der Waals surface area contributed by atoms with E-state index in [9.17, 15) is 4.79 Å². The summed E-state index contributed by atoms with van der Waals surface area (Å²) in [6.45, 7) is 2.62. The maximum Gasteiger partial charge on any atom is 0.254 e. The summed E-state index contributed by atoms with van der Waals surface area (Å²) in [6, 6.07) is 3.44. The van der Waals surface area contributed by atoms with E-state index in [4.69, 9.17) is 14.2 Å². The van der Waals surface area contributed by atoms with E-state index in [2.05, 4.69) is 5.32 Å². The third kappa shape index (κ3) is 4.12. The molecule has 0 aromatic heterocycles. The van der Waals surface area contributed by atoms with Crippen LogP contribution in [-0.4, -0.2) is 58.8 Å². The highest BCUT2D eigenvalue weighted by molar-refractivity contribution is 5.95. The minimum absolute atomic E-state index is 0.0151. The SMILES string of the molecule is CNCCC1CCN(C(=O)c2cc(OC)c(OC)c(OC)c2)CC1. The van der Waals surface area contributed by atoms with Crippen LogP contribution in [-0.2, 0) is 0 Å². The van der Waals surface area contributed by atoms with Gasteiger partial charge < -0.3 is 24.4 Å². The van der Waals surface area contributed by atoms with Gasteiger partial charge in [0.05, 0.1) is 21.3 Å². The molecule has 6 heteroatoms. The van der Waals surface area contributed by atoms with E-state index in [1.165, 1.54) is 6.42 Å². The van der Waals surface area contributed by atoms with Crippen LogP contribution in [0.5, 0.6) is 17.2 Å². The average molecular weight is 336 g/mol. The minimum atomic E-state index is 0.0151. The van der Waals surface area contributed by atoms with Gasteiger partial charge in [-0.1, -0.05) is 0 Å². The molecule has 0 aliphatic carbocycles. The topological polar surface area (TPSA) is 60.0 Å². The first-order valence-corrected chi connectivity index (χ1v) is 8.38. The van der Waals surface area contributed by atoms with Crippen LogP contribution in [0.1, 0.15) is 29.6 Å². The monoisotopic (exact) mass is 336 g/mol. The van der Waals surface area contributed by atoms with Gasteiger partial charge in [0.25, 0.3) is 5.91 Å². The van der Waals surface area contributed by atoms with Gasteiger partial charge in [0.1, 0.15) is 0 Å². The summed E-state index contributed by atoms with van der Waals surface area (Å²) in [5, 5.41) is 3.19. The summed E-state index contributed by atoms with van der Waals surface area (Å²) in [5.74, 6) is 2.22. The summed E-state index contributed by atoms with van der Waals surface area (Å²) in [5.41, 5.74) is 0.568. The fraction of sp³-hybridized carbons (Fsp3) is 0.611. The predicted molar refractivity (Wildman–Crippen MR) is 93.3 cm³/mol. The van der Waals surface area contributed by atoms with Gasteiger partial charge in [0.2, 0.25) is 5.75 Å². The minimum Gasteiger partial charge on any atom is -0.493 e. The molecular formula is C18H28N2O4. The molecule has 1 fully saturated rings. The zero-order valence-electron chi connectivity index (χ0n) is 15.1. The highest BCUT2D eigenvalue weighted by Gasteiger charge is 2.25. The first kappa shape index (κ1) is 18.4. The van der Waals surface area contributed by atoms with Gasteiger partial charge in [-0.05, 0) is 50.9 Å². The molecule has 6 nitrogen and oxygen atoms in total. The van der Waals surface area contributed by atoms with Crippen molar-refractivity contribution in [3.8, 4) is 17.2 Å². The number of nitrogens with zero attached hydrogens (tertiary/aromatic N) is 1. The molecule has 0 atom stereocenters. The number of ether oxygens (including phenoxy) is 3. The van der Waals surface area contributed by atoms with Crippen LogP contribution in [0.2, 0.25) is 0 Å². The average Bonchev–Trinajstić information content (AvgIpc) is 2.64. The molecule has 0 saturated carbocycles. The van der Waals surface area contributed by atoms with E-state index in [0.29, 0.717) is 28.7 Å². The van der Waals surface area contributed by atoms with E-state index in [1.807, 2.05) is 11.9 Å². The molecule has 2 rings (SSSR count). The number of carbonyl (C=O) groups is 1. The molecule has 1 amide bonds. The van der Waals surface area contributed by atoms with Crippen molar-refractivity contribution in [3.05, 3.63) is 17.7 Å². The van der Waals surface area contributed by atoms with Crippen molar-refractivity contribution in [2.24, 2.45) is 5.92 Å². The molecular weight excluding hydrogens is 308 g/mol. The van der Waals surface area contributed by atoms with Crippen molar-refractivity contribution < 1.29 is 19.0 Å². The van der Waals surface area contributed by atoms with Crippen LogP contribution in [0.25, 0.3) is 0 Å². The number of rotatable bonds is 7. The zero-order valence-corrected chi connectivity index (χ0v) is 15.1. The summed E-state index contributed by atoms with van der Waals surface area (Å²) in [7, 11) is 6.64. The van der Waals surface area contributed by atoms with E-state index >= 15 is 0 Å². The fourth-order valence-electron chi connectivity index (χ4n) is 3.16. The number of benzene rings is 1. The second-order valence-corrected chi connectivity index (χ2v) is 6.04. The molecule has 24 heavy (non-hydrogen) atoms. The standard InChI is InChI=1S/C18H28N2O4/c1-19-8-5-13-6-9-20(10-7-13)18(21)14-11-15(22-2)17(24-4)16(12-14)23-3/h11-13,19H,5-10H2,1-4H3. The lowest BCUT2D eigenvalue weighted by molar-refractivity contribution is 0.0686. The van der Waals surface area contributed by atoms with Crippen LogP contribution in [0.3, 0.4) is 0 Å². The first-order valence-electron chi connectivity index (χ1n) is 8.38.